The van der Waals surface area contributed by atoms with Crippen molar-refractivity contribution in [1.29, 1.82) is 0 Å². The van der Waals surface area contributed by atoms with E-state index in [4.69, 9.17) is 10.5 Å². The smallest absolute Gasteiger partial charge is 0.454 e. The van der Waals surface area contributed by atoms with Gasteiger partial charge < -0.3 is 25.6 Å². The van der Waals surface area contributed by atoms with Crippen LogP contribution in [-0.4, -0.2) is 23.2 Å². The number of amides is 1. The predicted molar refractivity (Wildman–Crippen MR) is 88.3 cm³/mol. The summed E-state index contributed by atoms with van der Waals surface area (Å²) in [6, 6.07) is 7.31. The van der Waals surface area contributed by atoms with Gasteiger partial charge in [0.15, 0.2) is 0 Å². The van der Waals surface area contributed by atoms with Gasteiger partial charge in [0, 0.05) is 29.8 Å². The summed E-state index contributed by atoms with van der Waals surface area (Å²) in [6.07, 6.45) is -4.94. The van der Waals surface area contributed by atoms with E-state index < -0.39 is 35.1 Å². The summed E-state index contributed by atoms with van der Waals surface area (Å²) >= 11 is 0. The van der Waals surface area contributed by atoms with E-state index in [1.165, 1.54) is 18.2 Å². The van der Waals surface area contributed by atoms with Gasteiger partial charge in [-0.25, -0.2) is 0 Å². The number of carbonyl (C=O) groups excluding carboxylic acids is 2. The number of rotatable bonds is 2. The zero-order valence-corrected chi connectivity index (χ0v) is 14.3. The third-order valence-corrected chi connectivity index (χ3v) is 4.75. The van der Waals surface area contributed by atoms with Crippen molar-refractivity contribution in [2.45, 2.75) is 24.6 Å². The SMILES string of the molecule is CC(=O)NC12C(=O)c3c(N)cccc3C1(O)Oc1cc(OC(F)(F)F)ccc12. The van der Waals surface area contributed by atoms with Crippen LogP contribution in [0.3, 0.4) is 0 Å². The van der Waals surface area contributed by atoms with Crippen molar-refractivity contribution in [2.24, 2.45) is 0 Å². The Morgan fingerprint density at radius 3 is 2.61 bits per heavy atom. The minimum absolute atomic E-state index is 0.000685. The molecule has 2 unspecified atom stereocenters. The molecule has 28 heavy (non-hydrogen) atoms. The predicted octanol–water partition coefficient (Wildman–Crippen LogP) is 1.93. The molecular formula is C18H13F3N2O5. The van der Waals surface area contributed by atoms with Gasteiger partial charge in [-0.2, -0.15) is 0 Å². The van der Waals surface area contributed by atoms with Crippen molar-refractivity contribution in [1.82, 2.24) is 5.32 Å². The zero-order valence-electron chi connectivity index (χ0n) is 14.3. The van der Waals surface area contributed by atoms with Gasteiger partial charge in [0.25, 0.3) is 5.79 Å². The summed E-state index contributed by atoms with van der Waals surface area (Å²) in [6.45, 7) is 1.13. The monoisotopic (exact) mass is 394 g/mol. The van der Waals surface area contributed by atoms with E-state index in [0.29, 0.717) is 0 Å². The molecule has 1 amide bonds. The van der Waals surface area contributed by atoms with Crippen LogP contribution in [-0.2, 0) is 16.1 Å². The molecule has 2 aliphatic rings. The zero-order chi connectivity index (χ0) is 20.5. The van der Waals surface area contributed by atoms with Gasteiger partial charge in [0.05, 0.1) is 5.56 Å². The van der Waals surface area contributed by atoms with Crippen molar-refractivity contribution in [2.75, 3.05) is 5.73 Å². The number of nitrogens with one attached hydrogen (secondary N) is 1. The molecule has 10 heteroatoms. The minimum Gasteiger partial charge on any atom is -0.454 e. The van der Waals surface area contributed by atoms with Crippen LogP contribution >= 0.6 is 0 Å². The Kier molecular flexibility index (Phi) is 3.48. The molecule has 1 aliphatic carbocycles. The number of anilines is 1. The Morgan fingerprint density at radius 1 is 1.25 bits per heavy atom. The summed E-state index contributed by atoms with van der Waals surface area (Å²) in [5, 5.41) is 13.8. The third kappa shape index (κ3) is 2.21. The summed E-state index contributed by atoms with van der Waals surface area (Å²) in [5.74, 6) is -4.63. The van der Waals surface area contributed by atoms with Gasteiger partial charge in [0.2, 0.25) is 17.2 Å². The number of nitrogen functional groups attached to an aromatic ring is 1. The fourth-order valence-electron chi connectivity index (χ4n) is 3.81. The van der Waals surface area contributed by atoms with Crippen LogP contribution in [0.25, 0.3) is 0 Å². The number of alkyl halides is 3. The van der Waals surface area contributed by atoms with Gasteiger partial charge in [-0.1, -0.05) is 12.1 Å². The lowest BCUT2D eigenvalue weighted by Gasteiger charge is -2.34. The highest BCUT2D eigenvalue weighted by Crippen LogP contribution is 2.59. The highest BCUT2D eigenvalue weighted by Gasteiger charge is 2.72. The molecule has 7 nitrogen and oxygen atoms in total. The summed E-state index contributed by atoms with van der Waals surface area (Å²) in [5.41, 5.74) is 3.81. The number of carbonyl (C=O) groups is 2. The first-order valence-corrected chi connectivity index (χ1v) is 8.04. The van der Waals surface area contributed by atoms with Crippen LogP contribution in [0.4, 0.5) is 18.9 Å². The van der Waals surface area contributed by atoms with E-state index in [-0.39, 0.29) is 28.1 Å². The van der Waals surface area contributed by atoms with Crippen molar-refractivity contribution in [3.63, 3.8) is 0 Å². The largest absolute Gasteiger partial charge is 0.573 e. The Hall–Kier alpha value is -3.27. The number of fused-ring (bicyclic) bond motifs is 5. The first-order valence-electron chi connectivity index (χ1n) is 8.04. The van der Waals surface area contributed by atoms with Crippen molar-refractivity contribution >= 4 is 17.4 Å². The lowest BCUT2D eigenvalue weighted by molar-refractivity contribution is -0.274. The molecule has 0 radical (unpaired) electrons. The Balaban J connectivity index is 1.94. The second-order valence-corrected chi connectivity index (χ2v) is 6.48. The van der Waals surface area contributed by atoms with Crippen LogP contribution in [0.2, 0.25) is 0 Å². The number of hydrogen-bond donors (Lipinski definition) is 3. The Bertz CT molecular complexity index is 1040. The Labute approximate surface area is 155 Å². The fourth-order valence-corrected chi connectivity index (χ4v) is 3.81. The van der Waals surface area contributed by atoms with Gasteiger partial charge in [0.1, 0.15) is 11.5 Å². The number of nitrogens with two attached hydrogens (primary N) is 1. The molecule has 0 fully saturated rings. The lowest BCUT2D eigenvalue weighted by atomic mass is 9.83. The van der Waals surface area contributed by atoms with Gasteiger partial charge in [-0.3, -0.25) is 9.59 Å². The first kappa shape index (κ1) is 18.1. The number of halogens is 3. The molecule has 2 atom stereocenters. The molecule has 146 valence electrons. The molecule has 2 aromatic rings. The van der Waals surface area contributed by atoms with Crippen LogP contribution in [0.5, 0.6) is 11.5 Å². The molecule has 0 aromatic heterocycles. The van der Waals surface area contributed by atoms with Crippen molar-refractivity contribution in [3.8, 4) is 11.5 Å². The van der Waals surface area contributed by atoms with Crippen LogP contribution in [0, 0.1) is 0 Å². The van der Waals surface area contributed by atoms with Crippen molar-refractivity contribution in [3.05, 3.63) is 53.1 Å². The first-order chi connectivity index (χ1) is 13.0. The summed E-state index contributed by atoms with van der Waals surface area (Å²) in [4.78, 5) is 25.2. The maximum atomic E-state index is 13.3. The maximum absolute atomic E-state index is 13.3. The van der Waals surface area contributed by atoms with Gasteiger partial charge >= 0.3 is 6.36 Å². The van der Waals surface area contributed by atoms with E-state index in [1.807, 2.05) is 0 Å². The van der Waals surface area contributed by atoms with Crippen molar-refractivity contribution < 1.29 is 37.3 Å². The fraction of sp³-hybridized carbons (Fsp3) is 0.222. The third-order valence-electron chi connectivity index (χ3n) is 4.75. The minimum atomic E-state index is -4.94. The normalized spacial score (nSPS) is 24.8. The van der Waals surface area contributed by atoms with Gasteiger partial charge in [-0.05, 0) is 18.2 Å². The molecule has 4 rings (SSSR count). The molecule has 1 aliphatic heterocycles. The van der Waals surface area contributed by atoms with E-state index in [9.17, 15) is 27.9 Å². The molecular weight excluding hydrogens is 381 g/mol. The van der Waals surface area contributed by atoms with E-state index in [2.05, 4.69) is 10.1 Å². The molecule has 0 saturated carbocycles. The molecule has 4 N–H and O–H groups in total. The average Bonchev–Trinajstić information content (AvgIpc) is 2.90. The van der Waals surface area contributed by atoms with E-state index in [0.717, 1.165) is 25.1 Å². The number of ether oxygens (including phenoxy) is 2. The molecule has 0 spiro atoms. The highest BCUT2D eigenvalue weighted by atomic mass is 19.4. The number of aliphatic hydroxyl groups is 1. The average molecular weight is 394 g/mol. The molecule has 1 heterocycles. The second kappa shape index (κ2) is 5.38. The standard InChI is InChI=1S/C18H13F3N2O5/c1-8(24)23-16-10-6-5-9(27-18(19,20)21)7-13(10)28-17(16,26)11-3-2-4-12(22)14(11)15(16)25/h2-7,26H,22H2,1H3,(H,23,24). The van der Waals surface area contributed by atoms with Gasteiger partial charge in [-0.15, -0.1) is 13.2 Å². The van der Waals surface area contributed by atoms with E-state index >= 15 is 0 Å². The summed E-state index contributed by atoms with van der Waals surface area (Å²) < 4.78 is 46.9. The molecule has 0 saturated heterocycles. The number of Topliss-reactive ketones (excluding diaryl/α,β-unsaturated/α-hetero) is 1. The highest BCUT2D eigenvalue weighted by molar-refractivity contribution is 6.15. The maximum Gasteiger partial charge on any atom is 0.573 e. The lowest BCUT2D eigenvalue weighted by Crippen LogP contribution is -2.59. The Morgan fingerprint density at radius 2 is 1.96 bits per heavy atom. The van der Waals surface area contributed by atoms with E-state index in [1.54, 1.807) is 0 Å². The second-order valence-electron chi connectivity index (χ2n) is 6.48. The van der Waals surface area contributed by atoms with Crippen LogP contribution < -0.4 is 20.5 Å². The summed E-state index contributed by atoms with van der Waals surface area (Å²) in [7, 11) is 0. The topological polar surface area (TPSA) is 111 Å². The quantitative estimate of drug-likeness (QED) is 0.672. The van der Waals surface area contributed by atoms with Crippen LogP contribution in [0.15, 0.2) is 36.4 Å². The van der Waals surface area contributed by atoms with Crippen LogP contribution in [0.1, 0.15) is 28.4 Å². The number of ketones is 1. The number of benzene rings is 2. The number of hydrogen-bond acceptors (Lipinski definition) is 6. The molecule has 2 aromatic carbocycles. The molecule has 0 bridgehead atoms.